The lowest BCUT2D eigenvalue weighted by atomic mass is 9.96. The van der Waals surface area contributed by atoms with Crippen molar-refractivity contribution in [2.45, 2.75) is 19.8 Å². The van der Waals surface area contributed by atoms with Crippen LogP contribution in [0.5, 0.6) is 5.75 Å². The van der Waals surface area contributed by atoms with Crippen LogP contribution in [0, 0.1) is 13.8 Å². The van der Waals surface area contributed by atoms with E-state index in [0.29, 0.717) is 12.3 Å². The first-order valence-corrected chi connectivity index (χ1v) is 7.76. The standard InChI is InChI=1S/C18H19N3O3/c1-11-6-14-15(10-24-16(14)7-12(11)2)18(23)20-9-17(22)21-13-4-3-5-19-8-13/h3-8,15H,9-10H2,1-2H3,(H,20,23)(H,21,22). The quantitative estimate of drug-likeness (QED) is 0.900. The molecule has 0 fully saturated rings. The molecule has 0 spiro atoms. The number of aryl methyl sites for hydroxylation is 2. The zero-order valence-electron chi connectivity index (χ0n) is 13.6. The molecule has 1 atom stereocenters. The maximum absolute atomic E-state index is 12.4. The second-order valence-corrected chi connectivity index (χ2v) is 5.85. The number of anilines is 1. The van der Waals surface area contributed by atoms with Crippen LogP contribution in [-0.4, -0.2) is 29.9 Å². The van der Waals surface area contributed by atoms with Crippen LogP contribution in [0.15, 0.2) is 36.7 Å². The van der Waals surface area contributed by atoms with Gasteiger partial charge in [-0.15, -0.1) is 0 Å². The Kier molecular flexibility index (Phi) is 4.46. The molecule has 0 bridgehead atoms. The van der Waals surface area contributed by atoms with Gasteiger partial charge < -0.3 is 15.4 Å². The number of hydrogen-bond acceptors (Lipinski definition) is 4. The zero-order valence-corrected chi connectivity index (χ0v) is 13.6. The first-order chi connectivity index (χ1) is 11.5. The second-order valence-electron chi connectivity index (χ2n) is 5.85. The summed E-state index contributed by atoms with van der Waals surface area (Å²) in [6.07, 6.45) is 3.17. The number of amides is 2. The SMILES string of the molecule is Cc1cc2c(cc1C)C(C(=O)NCC(=O)Nc1cccnc1)CO2. The van der Waals surface area contributed by atoms with E-state index < -0.39 is 0 Å². The van der Waals surface area contributed by atoms with Crippen molar-refractivity contribution in [2.75, 3.05) is 18.5 Å². The molecule has 2 aromatic rings. The lowest BCUT2D eigenvalue weighted by Crippen LogP contribution is -2.36. The van der Waals surface area contributed by atoms with Crippen LogP contribution in [0.25, 0.3) is 0 Å². The summed E-state index contributed by atoms with van der Waals surface area (Å²) >= 11 is 0. The number of benzene rings is 1. The highest BCUT2D eigenvalue weighted by Gasteiger charge is 2.31. The van der Waals surface area contributed by atoms with E-state index >= 15 is 0 Å². The Morgan fingerprint density at radius 2 is 2.08 bits per heavy atom. The Morgan fingerprint density at radius 1 is 1.29 bits per heavy atom. The minimum atomic E-state index is -0.384. The van der Waals surface area contributed by atoms with Crippen LogP contribution >= 0.6 is 0 Å². The topological polar surface area (TPSA) is 80.3 Å². The fourth-order valence-electron chi connectivity index (χ4n) is 2.62. The number of carbonyl (C=O) groups excluding carboxylic acids is 2. The van der Waals surface area contributed by atoms with E-state index in [-0.39, 0.29) is 24.3 Å². The van der Waals surface area contributed by atoms with Gasteiger partial charge in [-0.3, -0.25) is 14.6 Å². The molecule has 1 aliphatic rings. The largest absolute Gasteiger partial charge is 0.492 e. The Bertz CT molecular complexity index is 775. The van der Waals surface area contributed by atoms with Crippen molar-refractivity contribution in [3.63, 3.8) is 0 Å². The van der Waals surface area contributed by atoms with Gasteiger partial charge >= 0.3 is 0 Å². The van der Waals surface area contributed by atoms with Crippen molar-refractivity contribution >= 4 is 17.5 Å². The third-order valence-electron chi connectivity index (χ3n) is 4.09. The molecule has 2 N–H and O–H groups in total. The van der Waals surface area contributed by atoms with Gasteiger partial charge in [0.25, 0.3) is 0 Å². The molecule has 124 valence electrons. The van der Waals surface area contributed by atoms with Crippen molar-refractivity contribution in [1.82, 2.24) is 10.3 Å². The molecular formula is C18H19N3O3. The van der Waals surface area contributed by atoms with E-state index in [0.717, 1.165) is 22.4 Å². The summed E-state index contributed by atoms with van der Waals surface area (Å²) in [6.45, 7) is 4.22. The van der Waals surface area contributed by atoms with Gasteiger partial charge in [-0.2, -0.15) is 0 Å². The molecule has 0 saturated heterocycles. The summed E-state index contributed by atoms with van der Waals surface area (Å²) in [7, 11) is 0. The van der Waals surface area contributed by atoms with E-state index in [1.54, 1.807) is 24.5 Å². The van der Waals surface area contributed by atoms with Crippen molar-refractivity contribution in [1.29, 1.82) is 0 Å². The number of nitrogens with zero attached hydrogens (tertiary/aromatic N) is 1. The van der Waals surface area contributed by atoms with Gasteiger partial charge in [0.2, 0.25) is 11.8 Å². The lowest BCUT2D eigenvalue weighted by Gasteiger charge is -2.11. The third kappa shape index (κ3) is 3.37. The summed E-state index contributed by atoms with van der Waals surface area (Å²) in [4.78, 5) is 28.2. The van der Waals surface area contributed by atoms with Crippen LogP contribution in [-0.2, 0) is 9.59 Å². The molecular weight excluding hydrogens is 306 g/mol. The molecule has 1 unspecified atom stereocenters. The monoisotopic (exact) mass is 325 g/mol. The van der Waals surface area contributed by atoms with Crippen LogP contribution in [0.1, 0.15) is 22.6 Å². The molecule has 0 radical (unpaired) electrons. The van der Waals surface area contributed by atoms with E-state index in [1.807, 2.05) is 26.0 Å². The Labute approximate surface area is 140 Å². The van der Waals surface area contributed by atoms with E-state index in [9.17, 15) is 9.59 Å². The number of nitrogens with one attached hydrogen (secondary N) is 2. The number of hydrogen-bond donors (Lipinski definition) is 2. The predicted molar refractivity (Wildman–Crippen MR) is 90.0 cm³/mol. The number of rotatable bonds is 4. The molecule has 0 aliphatic carbocycles. The molecule has 6 nitrogen and oxygen atoms in total. The molecule has 24 heavy (non-hydrogen) atoms. The van der Waals surface area contributed by atoms with Gasteiger partial charge in [0, 0.05) is 11.8 Å². The van der Waals surface area contributed by atoms with Crippen molar-refractivity contribution in [3.8, 4) is 5.75 Å². The van der Waals surface area contributed by atoms with Gasteiger partial charge in [0.15, 0.2) is 0 Å². The minimum absolute atomic E-state index is 0.0929. The molecule has 2 amide bonds. The van der Waals surface area contributed by atoms with Crippen molar-refractivity contribution in [3.05, 3.63) is 53.3 Å². The van der Waals surface area contributed by atoms with Gasteiger partial charge in [-0.05, 0) is 43.2 Å². The fraction of sp³-hybridized carbons (Fsp3) is 0.278. The maximum Gasteiger partial charge on any atom is 0.243 e. The van der Waals surface area contributed by atoms with Crippen LogP contribution < -0.4 is 15.4 Å². The first kappa shape index (κ1) is 16.0. The van der Waals surface area contributed by atoms with Crippen molar-refractivity contribution < 1.29 is 14.3 Å². The van der Waals surface area contributed by atoms with E-state index in [2.05, 4.69) is 15.6 Å². The van der Waals surface area contributed by atoms with Crippen LogP contribution in [0.4, 0.5) is 5.69 Å². The van der Waals surface area contributed by atoms with E-state index in [1.165, 1.54) is 0 Å². The molecule has 1 aromatic carbocycles. The number of pyridine rings is 1. The zero-order chi connectivity index (χ0) is 17.1. The average Bonchev–Trinajstić information content (AvgIpc) is 2.97. The summed E-state index contributed by atoms with van der Waals surface area (Å²) in [6, 6.07) is 7.40. The molecule has 6 heteroatoms. The number of ether oxygens (including phenoxy) is 1. The van der Waals surface area contributed by atoms with E-state index in [4.69, 9.17) is 4.74 Å². The predicted octanol–water partition coefficient (Wildman–Crippen LogP) is 1.93. The maximum atomic E-state index is 12.4. The van der Waals surface area contributed by atoms with Crippen molar-refractivity contribution in [2.24, 2.45) is 0 Å². The Morgan fingerprint density at radius 3 is 2.83 bits per heavy atom. The highest BCUT2D eigenvalue weighted by Crippen LogP contribution is 2.35. The molecule has 1 aromatic heterocycles. The van der Waals surface area contributed by atoms with Gasteiger partial charge in [-0.1, -0.05) is 6.07 Å². The minimum Gasteiger partial charge on any atom is -0.492 e. The van der Waals surface area contributed by atoms with Gasteiger partial charge in [0.1, 0.15) is 18.3 Å². The lowest BCUT2D eigenvalue weighted by molar-refractivity contribution is -0.125. The summed E-state index contributed by atoms with van der Waals surface area (Å²) < 4.78 is 5.60. The first-order valence-electron chi connectivity index (χ1n) is 7.76. The third-order valence-corrected chi connectivity index (χ3v) is 4.09. The second kappa shape index (κ2) is 6.70. The highest BCUT2D eigenvalue weighted by molar-refractivity contribution is 5.95. The summed E-state index contributed by atoms with van der Waals surface area (Å²) in [5.41, 5.74) is 3.72. The van der Waals surface area contributed by atoms with Crippen LogP contribution in [0.3, 0.4) is 0 Å². The molecule has 1 aliphatic heterocycles. The summed E-state index contributed by atoms with van der Waals surface area (Å²) in [5.74, 6) is -0.141. The number of aromatic nitrogens is 1. The Hall–Kier alpha value is -2.89. The molecule has 2 heterocycles. The van der Waals surface area contributed by atoms with Gasteiger partial charge in [0.05, 0.1) is 18.4 Å². The average molecular weight is 325 g/mol. The number of carbonyl (C=O) groups is 2. The number of fused-ring (bicyclic) bond motifs is 1. The summed E-state index contributed by atoms with van der Waals surface area (Å²) in [5, 5.41) is 5.34. The fourth-order valence-corrected chi connectivity index (χ4v) is 2.62. The van der Waals surface area contributed by atoms with Crippen LogP contribution in [0.2, 0.25) is 0 Å². The molecule has 3 rings (SSSR count). The Balaban J connectivity index is 1.59. The molecule has 0 saturated carbocycles. The normalized spacial score (nSPS) is 15.3. The smallest absolute Gasteiger partial charge is 0.243 e. The van der Waals surface area contributed by atoms with Gasteiger partial charge in [-0.25, -0.2) is 0 Å². The highest BCUT2D eigenvalue weighted by atomic mass is 16.5.